The lowest BCUT2D eigenvalue weighted by Crippen LogP contribution is -2.43. The molecule has 66 heavy (non-hydrogen) atoms. The highest BCUT2D eigenvalue weighted by atomic mass is 32.2. The summed E-state index contributed by atoms with van der Waals surface area (Å²) < 4.78 is 15.4. The van der Waals surface area contributed by atoms with Gasteiger partial charge in [-0.15, -0.1) is 0 Å². The summed E-state index contributed by atoms with van der Waals surface area (Å²) in [7, 11) is 0. The van der Waals surface area contributed by atoms with Gasteiger partial charge >= 0.3 is 0 Å². The summed E-state index contributed by atoms with van der Waals surface area (Å²) in [5.41, 5.74) is 11.5. The van der Waals surface area contributed by atoms with Crippen molar-refractivity contribution in [1.82, 2.24) is 48.8 Å². The molecule has 18 nitrogen and oxygen atoms in total. The Balaban J connectivity index is 0.000000166. The average Bonchev–Trinajstić information content (AvgIpc) is 4.15. The minimum absolute atomic E-state index is 0.181. The van der Waals surface area contributed by atoms with Gasteiger partial charge in [0, 0.05) is 61.9 Å². The smallest absolute Gasteiger partial charge is 0.251 e. The Kier molecular flexibility index (Phi) is 13.8. The van der Waals surface area contributed by atoms with E-state index in [0.717, 1.165) is 121 Å². The van der Waals surface area contributed by atoms with Crippen LogP contribution in [0.15, 0.2) is 69.2 Å². The number of carbonyl (C=O) groups is 2. The van der Waals surface area contributed by atoms with Crippen LogP contribution >= 0.6 is 23.5 Å². The van der Waals surface area contributed by atoms with Crippen LogP contribution in [0.1, 0.15) is 63.5 Å². The predicted molar refractivity (Wildman–Crippen MR) is 248 cm³/mol. The maximum Gasteiger partial charge on any atom is 0.251 e. The molecule has 0 bridgehead atoms. The number of carbonyl (C=O) groups excluding carboxylic acids is 2. The van der Waals surface area contributed by atoms with Gasteiger partial charge in [-0.1, -0.05) is 23.5 Å². The van der Waals surface area contributed by atoms with E-state index in [2.05, 4.69) is 42.7 Å². The molecule has 0 unspecified atom stereocenters. The first-order valence-electron chi connectivity index (χ1n) is 22.7. The van der Waals surface area contributed by atoms with Crippen molar-refractivity contribution in [3.63, 3.8) is 0 Å². The topological polar surface area (TPSA) is 240 Å². The maximum atomic E-state index is 12.0. The number of hydrogen-bond acceptors (Lipinski definition) is 15. The molecule has 0 radical (unpaired) electrons. The molecular weight excluding hydrogens is 881 g/mol. The van der Waals surface area contributed by atoms with Crippen molar-refractivity contribution in [3.05, 3.63) is 65.7 Å². The number of likely N-dealkylation sites (tertiary alicyclic amines) is 2. The number of aliphatic hydroxyl groups excluding tert-OH is 2. The van der Waals surface area contributed by atoms with Gasteiger partial charge in [-0.25, -0.2) is 24.9 Å². The summed E-state index contributed by atoms with van der Waals surface area (Å²) >= 11 is 3.14. The van der Waals surface area contributed by atoms with Gasteiger partial charge in [0.2, 0.25) is 0 Å². The number of H-pyrrole nitrogens is 1. The van der Waals surface area contributed by atoms with Gasteiger partial charge in [0.05, 0.1) is 19.5 Å². The molecule has 0 aliphatic carbocycles. The fourth-order valence-corrected chi connectivity index (χ4v) is 10.9. The number of nitrogens with two attached hydrogens (primary N) is 1. The molecule has 8 heterocycles. The summed E-state index contributed by atoms with van der Waals surface area (Å²) in [6, 6.07) is 12.4. The zero-order valence-corrected chi connectivity index (χ0v) is 38.8. The van der Waals surface area contributed by atoms with Crippen LogP contribution < -0.4 is 20.7 Å². The number of aromatic nitrogens is 8. The van der Waals surface area contributed by atoms with Crippen LogP contribution in [-0.4, -0.2) is 122 Å². The molecule has 6 aromatic rings. The van der Waals surface area contributed by atoms with Gasteiger partial charge in [-0.3, -0.25) is 15.0 Å². The maximum absolute atomic E-state index is 12.0. The first-order chi connectivity index (χ1) is 32.0. The number of piperidine rings is 2. The highest BCUT2D eigenvalue weighted by Crippen LogP contribution is 2.37. The number of rotatable bonds is 12. The highest BCUT2D eigenvalue weighted by Gasteiger charge is 2.27. The van der Waals surface area contributed by atoms with E-state index >= 15 is 0 Å². The van der Waals surface area contributed by atoms with Crippen LogP contribution in [0.5, 0.6) is 11.5 Å². The Morgan fingerprint density at radius 2 is 1.38 bits per heavy atom. The van der Waals surface area contributed by atoms with Gasteiger partial charge in [0.25, 0.3) is 11.8 Å². The number of hydrogen-bond donors (Lipinski definition) is 5. The Hall–Kier alpha value is -5.70. The van der Waals surface area contributed by atoms with Crippen LogP contribution in [-0.2, 0) is 35.5 Å². The number of amides is 2. The van der Waals surface area contributed by atoms with Gasteiger partial charge in [0.1, 0.15) is 35.6 Å². The van der Waals surface area contributed by atoms with Crippen molar-refractivity contribution in [1.29, 1.82) is 5.41 Å². The number of ether oxygens (including phenoxy) is 2. The molecule has 2 aromatic carbocycles. The molecule has 0 saturated carbocycles. The van der Waals surface area contributed by atoms with E-state index < -0.39 is 12.2 Å². The number of nitrogens with zero attached hydrogens (tertiary/aromatic N) is 9. The van der Waals surface area contributed by atoms with E-state index in [1.807, 2.05) is 22.8 Å². The minimum atomic E-state index is -0.936. The number of aromatic amines is 1. The molecule has 2 fully saturated rings. The zero-order chi connectivity index (χ0) is 45.9. The van der Waals surface area contributed by atoms with E-state index in [1.165, 1.54) is 31.3 Å². The minimum Gasteiger partial charge on any atom is -0.493 e. The van der Waals surface area contributed by atoms with Gasteiger partial charge < -0.3 is 49.3 Å². The highest BCUT2D eigenvalue weighted by molar-refractivity contribution is 7.99. The van der Waals surface area contributed by atoms with E-state index in [4.69, 9.17) is 30.6 Å². The van der Waals surface area contributed by atoms with E-state index in [9.17, 15) is 19.8 Å². The molecule has 10 rings (SSSR count). The Labute approximate surface area is 390 Å². The van der Waals surface area contributed by atoms with Crippen LogP contribution in [0, 0.1) is 17.2 Å². The number of benzene rings is 2. The molecule has 0 spiro atoms. The quantitative estimate of drug-likeness (QED) is 0.110. The molecular formula is C46H56N12O6S2. The number of imidazole rings is 2. The second kappa shape index (κ2) is 20.0. The van der Waals surface area contributed by atoms with Gasteiger partial charge in [-0.05, 0) is 112 Å². The third kappa shape index (κ3) is 10.2. The molecule has 6 N–H and O–H groups in total. The summed E-state index contributed by atoms with van der Waals surface area (Å²) in [5, 5.41) is 28.9. The average molecular weight is 937 g/mol. The summed E-state index contributed by atoms with van der Waals surface area (Å²) in [4.78, 5) is 55.4. The summed E-state index contributed by atoms with van der Waals surface area (Å²) in [6.07, 6.45) is 8.78. The van der Waals surface area contributed by atoms with Crippen molar-refractivity contribution in [2.45, 2.75) is 111 Å². The molecule has 4 aliphatic rings. The fraction of sp³-hybridized carbons (Fsp3) is 0.478. The van der Waals surface area contributed by atoms with E-state index in [-0.39, 0.29) is 17.3 Å². The SMILES string of the molecule is C[C@@H](O)C(=O)N1CCC(CCn2c(Sc3ccc4c(c3)CCO4)nc3c(N)ncnc32)CC1.C[C@@H](O)C(=O)N1CCC(CCn2cnc(=N)c3[nH]c(Sc4ccc5c(c4)CCO5)nc32)CC1. The lowest BCUT2D eigenvalue weighted by Gasteiger charge is -2.32. The third-order valence-corrected chi connectivity index (χ3v) is 14.7. The van der Waals surface area contributed by atoms with Crippen LogP contribution in [0.2, 0.25) is 0 Å². The summed E-state index contributed by atoms with van der Waals surface area (Å²) in [6.45, 7) is 8.78. The van der Waals surface area contributed by atoms with E-state index in [1.54, 1.807) is 39.7 Å². The standard InChI is InChI=1S/2C23H28N6O3S/c1-14(30)22(31)28-8-4-15(5-9-28)6-10-29-13-25-20(24)19-21(29)27-23(26-19)33-17-2-3-18-16(12-17)7-11-32-18;1-14(30)22(31)28-8-4-15(5-9-28)6-10-29-21-19(20(24)25-13-26-21)27-23(29)33-17-2-3-18-16(12-17)7-11-32-18/h2-3,12-15,24,30H,4-11H2,1H3,(H,26,27);2-3,12-15,30H,4-11H2,1H3,(H2,24,25,26)/t2*14-/m11/s1. The molecule has 20 heteroatoms. The largest absolute Gasteiger partial charge is 0.493 e. The number of anilines is 1. The molecule has 4 aliphatic heterocycles. The Morgan fingerprint density at radius 3 is 1.97 bits per heavy atom. The lowest BCUT2D eigenvalue weighted by atomic mass is 9.93. The number of aliphatic hydroxyl groups is 2. The van der Waals surface area contributed by atoms with Crippen LogP contribution in [0.4, 0.5) is 5.82 Å². The van der Waals surface area contributed by atoms with Crippen LogP contribution in [0.25, 0.3) is 22.3 Å². The first kappa shape index (κ1) is 45.5. The first-order valence-corrected chi connectivity index (χ1v) is 24.4. The van der Waals surface area contributed by atoms with Gasteiger partial charge in [0.15, 0.2) is 38.4 Å². The molecule has 4 aromatic heterocycles. The lowest BCUT2D eigenvalue weighted by molar-refractivity contribution is -0.141. The Bertz CT molecular complexity index is 2780. The van der Waals surface area contributed by atoms with Crippen molar-refractivity contribution in [3.8, 4) is 11.5 Å². The predicted octanol–water partition coefficient (Wildman–Crippen LogP) is 4.84. The normalized spacial score (nSPS) is 17.2. The monoisotopic (exact) mass is 936 g/mol. The fourth-order valence-electron chi connectivity index (χ4n) is 9.10. The summed E-state index contributed by atoms with van der Waals surface area (Å²) in [5.74, 6) is 2.94. The van der Waals surface area contributed by atoms with Crippen molar-refractivity contribution >= 4 is 63.5 Å². The molecule has 348 valence electrons. The van der Waals surface area contributed by atoms with Crippen molar-refractivity contribution < 1.29 is 29.3 Å². The van der Waals surface area contributed by atoms with Gasteiger partial charge in [-0.2, -0.15) is 0 Å². The molecule has 2 saturated heterocycles. The molecule has 2 amide bonds. The second-order valence-electron chi connectivity index (χ2n) is 17.4. The van der Waals surface area contributed by atoms with E-state index in [0.29, 0.717) is 54.9 Å². The third-order valence-electron chi connectivity index (χ3n) is 12.9. The van der Waals surface area contributed by atoms with Crippen molar-refractivity contribution in [2.24, 2.45) is 11.8 Å². The van der Waals surface area contributed by atoms with Crippen LogP contribution in [0.3, 0.4) is 0 Å². The Morgan fingerprint density at radius 1 is 0.803 bits per heavy atom. The molecule has 2 atom stereocenters. The number of aryl methyl sites for hydroxylation is 2. The zero-order valence-electron chi connectivity index (χ0n) is 37.2. The van der Waals surface area contributed by atoms with Crippen molar-refractivity contribution in [2.75, 3.05) is 45.1 Å². The number of fused-ring (bicyclic) bond motifs is 4. The second-order valence-corrected chi connectivity index (χ2v) is 19.5. The number of nitrogens with one attached hydrogen (secondary N) is 2. The number of nitrogen functional groups attached to an aromatic ring is 1.